The van der Waals surface area contributed by atoms with Gasteiger partial charge in [0, 0.05) is 18.0 Å². The highest BCUT2D eigenvalue weighted by molar-refractivity contribution is 7.10. The quantitative estimate of drug-likeness (QED) is 0.703. The summed E-state index contributed by atoms with van der Waals surface area (Å²) in [6.07, 6.45) is -0.132. The zero-order valence-corrected chi connectivity index (χ0v) is 13.7. The molecule has 5 nitrogen and oxygen atoms in total. The number of amides is 2. The minimum absolute atomic E-state index is 0.0201. The highest BCUT2D eigenvalue weighted by Gasteiger charge is 2.17. The van der Waals surface area contributed by atoms with E-state index >= 15 is 0 Å². The van der Waals surface area contributed by atoms with Crippen LogP contribution in [0.1, 0.15) is 22.1 Å². The van der Waals surface area contributed by atoms with Crippen molar-refractivity contribution in [1.82, 2.24) is 10.6 Å². The van der Waals surface area contributed by atoms with Crippen LogP contribution in [-0.2, 0) is 16.0 Å². The predicted molar refractivity (Wildman–Crippen MR) is 90.2 cm³/mol. The summed E-state index contributed by atoms with van der Waals surface area (Å²) in [5, 5.41) is 16.9. The molecule has 0 aliphatic carbocycles. The summed E-state index contributed by atoms with van der Waals surface area (Å²) in [6, 6.07) is 11.6. The van der Waals surface area contributed by atoms with Crippen molar-refractivity contribution in [1.29, 1.82) is 0 Å². The molecule has 6 heteroatoms. The fraction of sp³-hybridized carbons (Fsp3) is 0.294. The van der Waals surface area contributed by atoms with Crippen LogP contribution < -0.4 is 10.6 Å². The average molecular weight is 332 g/mol. The molecule has 0 aliphatic heterocycles. The standard InChI is InChI=1S/C17H20N2O3S/c1-12-8-10-23-15(12)14(20)11-19-17(22)16(21)18-9-7-13-5-3-2-4-6-13/h2-6,8,10,14,20H,7,9,11H2,1H3,(H,18,21)(H,19,22). The lowest BCUT2D eigenvalue weighted by atomic mass is 10.1. The van der Waals surface area contributed by atoms with Gasteiger partial charge >= 0.3 is 11.8 Å². The van der Waals surface area contributed by atoms with Gasteiger partial charge < -0.3 is 15.7 Å². The van der Waals surface area contributed by atoms with Crippen molar-refractivity contribution in [2.24, 2.45) is 0 Å². The molecule has 0 fully saturated rings. The van der Waals surface area contributed by atoms with Crippen molar-refractivity contribution in [2.75, 3.05) is 13.1 Å². The number of thiophene rings is 1. The van der Waals surface area contributed by atoms with Gasteiger partial charge in [-0.2, -0.15) is 0 Å². The lowest BCUT2D eigenvalue weighted by Crippen LogP contribution is -2.42. The molecular formula is C17H20N2O3S. The fourth-order valence-electron chi connectivity index (χ4n) is 2.13. The smallest absolute Gasteiger partial charge is 0.309 e. The highest BCUT2D eigenvalue weighted by Crippen LogP contribution is 2.22. The van der Waals surface area contributed by atoms with Gasteiger partial charge in [0.05, 0.1) is 0 Å². The number of hydrogen-bond donors (Lipinski definition) is 3. The number of rotatable bonds is 6. The second-order valence-corrected chi connectivity index (χ2v) is 6.13. The van der Waals surface area contributed by atoms with Gasteiger partial charge in [-0.25, -0.2) is 0 Å². The summed E-state index contributed by atoms with van der Waals surface area (Å²) in [6.45, 7) is 2.31. The van der Waals surface area contributed by atoms with Gasteiger partial charge in [0.1, 0.15) is 6.10 Å². The first-order valence-corrected chi connectivity index (χ1v) is 8.28. The number of benzene rings is 1. The lowest BCUT2D eigenvalue weighted by Gasteiger charge is -2.11. The normalized spacial score (nSPS) is 11.7. The summed E-state index contributed by atoms with van der Waals surface area (Å²) in [5.41, 5.74) is 2.07. The topological polar surface area (TPSA) is 78.4 Å². The van der Waals surface area contributed by atoms with Gasteiger partial charge in [0.15, 0.2) is 0 Å². The number of hydrogen-bond acceptors (Lipinski definition) is 4. The van der Waals surface area contributed by atoms with E-state index in [4.69, 9.17) is 0 Å². The molecule has 1 aromatic heterocycles. The average Bonchev–Trinajstić information content (AvgIpc) is 2.99. The molecule has 2 aromatic rings. The van der Waals surface area contributed by atoms with Crippen LogP contribution in [0.2, 0.25) is 0 Å². The van der Waals surface area contributed by atoms with Crippen LogP contribution in [0.4, 0.5) is 0 Å². The van der Waals surface area contributed by atoms with Gasteiger partial charge in [-0.3, -0.25) is 9.59 Å². The second-order valence-electron chi connectivity index (χ2n) is 5.19. The Bertz CT molecular complexity index is 655. The summed E-state index contributed by atoms with van der Waals surface area (Å²) in [5.74, 6) is -1.41. The Morgan fingerprint density at radius 2 is 1.83 bits per heavy atom. The van der Waals surface area contributed by atoms with E-state index in [2.05, 4.69) is 10.6 Å². The van der Waals surface area contributed by atoms with E-state index in [0.29, 0.717) is 13.0 Å². The molecule has 0 saturated carbocycles. The van der Waals surface area contributed by atoms with Crippen LogP contribution >= 0.6 is 11.3 Å². The molecule has 0 bridgehead atoms. The fourth-order valence-corrected chi connectivity index (χ4v) is 3.05. The van der Waals surface area contributed by atoms with Gasteiger partial charge in [-0.15, -0.1) is 11.3 Å². The molecule has 1 aromatic carbocycles. The molecular weight excluding hydrogens is 312 g/mol. The number of nitrogens with one attached hydrogen (secondary N) is 2. The maximum atomic E-state index is 11.7. The minimum Gasteiger partial charge on any atom is -0.386 e. The number of carbonyl (C=O) groups excluding carboxylic acids is 2. The molecule has 122 valence electrons. The Labute approximate surface area is 139 Å². The molecule has 0 radical (unpaired) electrons. The Morgan fingerprint density at radius 3 is 2.48 bits per heavy atom. The minimum atomic E-state index is -0.795. The van der Waals surface area contributed by atoms with E-state index in [9.17, 15) is 14.7 Å². The summed E-state index contributed by atoms with van der Waals surface area (Å²) in [4.78, 5) is 24.2. The zero-order valence-electron chi connectivity index (χ0n) is 12.9. The molecule has 2 rings (SSSR count). The maximum Gasteiger partial charge on any atom is 0.309 e. The largest absolute Gasteiger partial charge is 0.386 e. The lowest BCUT2D eigenvalue weighted by molar-refractivity contribution is -0.139. The predicted octanol–water partition coefficient (Wildman–Crippen LogP) is 1.57. The number of aliphatic hydroxyl groups is 1. The van der Waals surface area contributed by atoms with Crippen molar-refractivity contribution in [3.8, 4) is 0 Å². The first-order valence-electron chi connectivity index (χ1n) is 7.40. The Morgan fingerprint density at radius 1 is 1.13 bits per heavy atom. The van der Waals surface area contributed by atoms with Crippen LogP contribution in [0.15, 0.2) is 41.8 Å². The zero-order chi connectivity index (χ0) is 16.7. The Balaban J connectivity index is 1.70. The van der Waals surface area contributed by atoms with Crippen molar-refractivity contribution >= 4 is 23.2 Å². The van der Waals surface area contributed by atoms with Gasteiger partial charge in [0.25, 0.3) is 0 Å². The van der Waals surface area contributed by atoms with Gasteiger partial charge in [-0.1, -0.05) is 30.3 Å². The SMILES string of the molecule is Cc1ccsc1C(O)CNC(=O)C(=O)NCCc1ccccc1. The maximum absolute atomic E-state index is 11.7. The van der Waals surface area contributed by atoms with E-state index in [1.54, 1.807) is 0 Å². The van der Waals surface area contributed by atoms with E-state index in [1.807, 2.05) is 48.7 Å². The molecule has 1 heterocycles. The third-order valence-corrected chi connectivity index (χ3v) is 4.53. The van der Waals surface area contributed by atoms with Crippen molar-refractivity contribution in [3.63, 3.8) is 0 Å². The van der Waals surface area contributed by atoms with Gasteiger partial charge in [0.2, 0.25) is 0 Å². The van der Waals surface area contributed by atoms with Crippen molar-refractivity contribution < 1.29 is 14.7 Å². The van der Waals surface area contributed by atoms with Gasteiger partial charge in [-0.05, 0) is 35.9 Å². The third kappa shape index (κ3) is 5.19. The second kappa shape index (κ2) is 8.45. The van der Waals surface area contributed by atoms with E-state index in [0.717, 1.165) is 16.0 Å². The Kier molecular flexibility index (Phi) is 6.31. The number of aliphatic hydroxyl groups excluding tert-OH is 1. The molecule has 1 atom stereocenters. The molecule has 23 heavy (non-hydrogen) atoms. The van der Waals surface area contributed by atoms with E-state index in [-0.39, 0.29) is 6.54 Å². The van der Waals surface area contributed by atoms with Crippen LogP contribution in [0.5, 0.6) is 0 Å². The molecule has 0 spiro atoms. The van der Waals surface area contributed by atoms with Crippen LogP contribution in [-0.4, -0.2) is 30.0 Å². The molecule has 3 N–H and O–H groups in total. The third-order valence-electron chi connectivity index (χ3n) is 3.41. The molecule has 0 saturated heterocycles. The molecule has 0 aliphatic rings. The molecule has 2 amide bonds. The van der Waals surface area contributed by atoms with Crippen LogP contribution in [0.25, 0.3) is 0 Å². The van der Waals surface area contributed by atoms with E-state index < -0.39 is 17.9 Å². The van der Waals surface area contributed by atoms with Crippen LogP contribution in [0, 0.1) is 6.92 Å². The molecule has 1 unspecified atom stereocenters. The monoisotopic (exact) mass is 332 g/mol. The summed E-state index contributed by atoms with van der Waals surface area (Å²) >= 11 is 1.43. The first kappa shape index (κ1) is 17.2. The first-order chi connectivity index (χ1) is 11.1. The van der Waals surface area contributed by atoms with Crippen molar-refractivity contribution in [2.45, 2.75) is 19.4 Å². The highest BCUT2D eigenvalue weighted by atomic mass is 32.1. The number of aryl methyl sites for hydroxylation is 1. The van der Waals surface area contributed by atoms with Crippen LogP contribution in [0.3, 0.4) is 0 Å². The summed E-state index contributed by atoms with van der Waals surface area (Å²) in [7, 11) is 0. The van der Waals surface area contributed by atoms with E-state index in [1.165, 1.54) is 11.3 Å². The number of carbonyl (C=O) groups is 2. The summed E-state index contributed by atoms with van der Waals surface area (Å²) < 4.78 is 0. The Hall–Kier alpha value is -2.18. The van der Waals surface area contributed by atoms with Crippen molar-refractivity contribution in [3.05, 3.63) is 57.8 Å².